The zero-order valence-corrected chi connectivity index (χ0v) is 17.2. The zero-order valence-electron chi connectivity index (χ0n) is 17.2. The molecule has 1 heterocycles. The topological polar surface area (TPSA) is 56.1 Å². The van der Waals surface area contributed by atoms with Gasteiger partial charge >= 0.3 is 0 Å². The predicted octanol–water partition coefficient (Wildman–Crippen LogP) is 5.27. The van der Waals surface area contributed by atoms with Crippen LogP contribution in [0.2, 0.25) is 0 Å². The predicted molar refractivity (Wildman–Crippen MR) is 119 cm³/mol. The van der Waals surface area contributed by atoms with E-state index in [0.29, 0.717) is 17.0 Å². The molecule has 4 aromatic rings. The Morgan fingerprint density at radius 1 is 1.03 bits per heavy atom. The molecule has 1 atom stereocenters. The fraction of sp³-hybridized carbons (Fsp3) is 0.120. The van der Waals surface area contributed by atoms with E-state index in [0.717, 1.165) is 16.8 Å². The lowest BCUT2D eigenvalue weighted by Crippen LogP contribution is -2.22. The van der Waals surface area contributed by atoms with E-state index < -0.39 is 6.04 Å². The summed E-state index contributed by atoms with van der Waals surface area (Å²) in [6.07, 6.45) is 1.77. The lowest BCUT2D eigenvalue weighted by molar-refractivity contribution is 0.0964. The van der Waals surface area contributed by atoms with Crippen LogP contribution in [0, 0.1) is 5.82 Å². The number of nitrogens with zero attached hydrogens (tertiary/aromatic N) is 2. The van der Waals surface area contributed by atoms with Crippen molar-refractivity contribution in [2.75, 3.05) is 12.4 Å². The van der Waals surface area contributed by atoms with Gasteiger partial charge in [-0.1, -0.05) is 48.5 Å². The van der Waals surface area contributed by atoms with Gasteiger partial charge in [0, 0.05) is 30.6 Å². The van der Waals surface area contributed by atoms with E-state index >= 15 is 0 Å². The Balaban J connectivity index is 1.75. The van der Waals surface area contributed by atoms with Crippen molar-refractivity contribution in [3.63, 3.8) is 0 Å². The van der Waals surface area contributed by atoms with Crippen molar-refractivity contribution in [3.05, 3.63) is 102 Å². The van der Waals surface area contributed by atoms with Crippen LogP contribution in [0.5, 0.6) is 5.75 Å². The molecule has 0 aliphatic carbocycles. The lowest BCUT2D eigenvalue weighted by Gasteiger charge is -2.19. The minimum atomic E-state index is -0.664. The number of aryl methyl sites for hydroxylation is 1. The van der Waals surface area contributed by atoms with E-state index in [1.807, 2.05) is 54.6 Å². The maximum Gasteiger partial charge on any atom is 0.210 e. The van der Waals surface area contributed by atoms with Crippen LogP contribution in [0.4, 0.5) is 10.1 Å². The summed E-state index contributed by atoms with van der Waals surface area (Å²) < 4.78 is 20.3. The number of carbonyl (C=O) groups is 1. The number of ketones is 1. The number of aromatic nitrogens is 2. The molecule has 5 nitrogen and oxygen atoms in total. The molecule has 3 aromatic carbocycles. The maximum atomic E-state index is 13.7. The second-order valence-corrected chi connectivity index (χ2v) is 7.16. The highest BCUT2D eigenvalue weighted by atomic mass is 19.1. The number of Topliss-reactive ketones (excluding diaryl/α,β-unsaturated/α-hetero) is 1. The van der Waals surface area contributed by atoms with Crippen molar-refractivity contribution >= 4 is 11.5 Å². The second kappa shape index (κ2) is 8.83. The molecular formula is C25H22FN3O2. The molecule has 0 radical (unpaired) electrons. The first kappa shape index (κ1) is 20.3. The number of ether oxygens (including phenoxy) is 1. The Labute approximate surface area is 180 Å². The summed E-state index contributed by atoms with van der Waals surface area (Å²) in [5.74, 6) is 0.172. The number of benzene rings is 3. The largest absolute Gasteiger partial charge is 0.497 e. The van der Waals surface area contributed by atoms with E-state index in [-0.39, 0.29) is 11.6 Å². The number of carbonyl (C=O) groups excluding carboxylic acids is 1. The number of anilines is 1. The number of nitrogens with one attached hydrogen (secondary N) is 1. The SMILES string of the molecule is COc1cccc(NC(C(=O)c2nn(C)cc2-c2ccc(F)cc2)c2ccccc2)c1. The van der Waals surface area contributed by atoms with Crippen molar-refractivity contribution in [2.45, 2.75) is 6.04 Å². The van der Waals surface area contributed by atoms with Crippen LogP contribution >= 0.6 is 0 Å². The molecule has 156 valence electrons. The Kier molecular flexibility index (Phi) is 5.80. The molecule has 0 spiro atoms. The van der Waals surface area contributed by atoms with Gasteiger partial charge in [-0.25, -0.2) is 4.39 Å². The van der Waals surface area contributed by atoms with Gasteiger partial charge in [0.1, 0.15) is 23.3 Å². The van der Waals surface area contributed by atoms with Crippen LogP contribution in [-0.2, 0) is 7.05 Å². The Morgan fingerprint density at radius 3 is 2.48 bits per heavy atom. The van der Waals surface area contributed by atoms with E-state index in [2.05, 4.69) is 10.4 Å². The zero-order chi connectivity index (χ0) is 21.8. The molecule has 0 bridgehead atoms. The number of rotatable bonds is 7. The molecule has 31 heavy (non-hydrogen) atoms. The molecule has 0 amide bonds. The molecule has 4 rings (SSSR count). The lowest BCUT2D eigenvalue weighted by atomic mass is 9.96. The van der Waals surface area contributed by atoms with Crippen LogP contribution in [-0.4, -0.2) is 22.7 Å². The van der Waals surface area contributed by atoms with E-state index in [4.69, 9.17) is 4.74 Å². The van der Waals surface area contributed by atoms with Crippen molar-refractivity contribution in [1.29, 1.82) is 0 Å². The summed E-state index contributed by atoms with van der Waals surface area (Å²) in [5.41, 5.74) is 3.26. The summed E-state index contributed by atoms with van der Waals surface area (Å²) in [7, 11) is 3.36. The molecule has 0 aliphatic rings. The quantitative estimate of drug-likeness (QED) is 0.418. The molecule has 0 fully saturated rings. The summed E-state index contributed by atoms with van der Waals surface area (Å²) in [6.45, 7) is 0. The molecule has 1 aromatic heterocycles. The number of methoxy groups -OCH3 is 1. The van der Waals surface area contributed by atoms with Gasteiger partial charge in [-0.15, -0.1) is 0 Å². The molecule has 1 N–H and O–H groups in total. The highest BCUT2D eigenvalue weighted by Crippen LogP contribution is 2.30. The minimum Gasteiger partial charge on any atom is -0.497 e. The van der Waals surface area contributed by atoms with Crippen LogP contribution in [0.15, 0.2) is 85.1 Å². The first-order valence-corrected chi connectivity index (χ1v) is 9.84. The minimum absolute atomic E-state index is 0.186. The first-order chi connectivity index (χ1) is 15.0. The average molecular weight is 415 g/mol. The smallest absolute Gasteiger partial charge is 0.210 e. The molecule has 0 saturated heterocycles. The van der Waals surface area contributed by atoms with Crippen molar-refractivity contribution < 1.29 is 13.9 Å². The second-order valence-electron chi connectivity index (χ2n) is 7.16. The van der Waals surface area contributed by atoms with Gasteiger partial charge in [-0.05, 0) is 35.4 Å². The maximum absolute atomic E-state index is 13.7. The van der Waals surface area contributed by atoms with Gasteiger partial charge in [0.15, 0.2) is 0 Å². The third kappa shape index (κ3) is 4.48. The molecule has 0 saturated carbocycles. The summed E-state index contributed by atoms with van der Waals surface area (Å²) in [4.78, 5) is 13.7. The van der Waals surface area contributed by atoms with Crippen LogP contribution < -0.4 is 10.1 Å². The third-order valence-corrected chi connectivity index (χ3v) is 4.99. The number of hydrogen-bond acceptors (Lipinski definition) is 4. The van der Waals surface area contributed by atoms with Crippen molar-refractivity contribution in [3.8, 4) is 16.9 Å². The fourth-order valence-electron chi connectivity index (χ4n) is 3.47. The summed E-state index contributed by atoms with van der Waals surface area (Å²) in [6, 6.07) is 22.3. The van der Waals surface area contributed by atoms with E-state index in [1.54, 1.807) is 37.2 Å². The van der Waals surface area contributed by atoms with Gasteiger partial charge in [-0.2, -0.15) is 5.10 Å². The Morgan fingerprint density at radius 2 is 1.77 bits per heavy atom. The fourth-order valence-corrected chi connectivity index (χ4v) is 3.47. The van der Waals surface area contributed by atoms with E-state index in [9.17, 15) is 9.18 Å². The summed E-state index contributed by atoms with van der Waals surface area (Å²) >= 11 is 0. The third-order valence-electron chi connectivity index (χ3n) is 4.99. The highest BCUT2D eigenvalue weighted by molar-refractivity contribution is 6.05. The number of halogens is 1. The molecule has 0 aliphatic heterocycles. The normalized spacial score (nSPS) is 11.7. The molecular weight excluding hydrogens is 393 g/mol. The molecule has 1 unspecified atom stereocenters. The van der Waals surface area contributed by atoms with Crippen LogP contribution in [0.1, 0.15) is 22.1 Å². The Hall–Kier alpha value is -3.93. The average Bonchev–Trinajstić information content (AvgIpc) is 3.20. The summed E-state index contributed by atoms with van der Waals surface area (Å²) in [5, 5.41) is 7.77. The van der Waals surface area contributed by atoms with Crippen molar-refractivity contribution in [1.82, 2.24) is 9.78 Å². The van der Waals surface area contributed by atoms with Crippen LogP contribution in [0.25, 0.3) is 11.1 Å². The van der Waals surface area contributed by atoms with Gasteiger partial charge in [0.05, 0.1) is 7.11 Å². The first-order valence-electron chi connectivity index (χ1n) is 9.84. The standard InChI is InChI=1S/C25H22FN3O2/c1-29-16-22(17-11-13-19(26)14-12-17)24(28-29)25(30)23(18-7-4-3-5-8-18)27-20-9-6-10-21(15-20)31-2/h3-16,23,27H,1-2H3. The van der Waals surface area contributed by atoms with Gasteiger partial charge in [0.2, 0.25) is 5.78 Å². The van der Waals surface area contributed by atoms with Gasteiger partial charge in [0.25, 0.3) is 0 Å². The van der Waals surface area contributed by atoms with Gasteiger partial charge in [-0.3, -0.25) is 9.48 Å². The monoisotopic (exact) mass is 415 g/mol. The van der Waals surface area contributed by atoms with Crippen molar-refractivity contribution in [2.24, 2.45) is 7.05 Å². The van der Waals surface area contributed by atoms with E-state index in [1.165, 1.54) is 12.1 Å². The van der Waals surface area contributed by atoms with Gasteiger partial charge < -0.3 is 10.1 Å². The van der Waals surface area contributed by atoms with Crippen LogP contribution in [0.3, 0.4) is 0 Å². The Bertz CT molecular complexity index is 1190. The molecule has 6 heteroatoms. The number of hydrogen-bond donors (Lipinski definition) is 1. The highest BCUT2D eigenvalue weighted by Gasteiger charge is 2.27.